The molecule has 2 amide bonds. The second-order valence-corrected chi connectivity index (χ2v) is 7.18. The van der Waals surface area contributed by atoms with E-state index in [2.05, 4.69) is 10.6 Å². The molecule has 0 spiro atoms. The van der Waals surface area contributed by atoms with Crippen LogP contribution in [0.25, 0.3) is 0 Å². The topological polar surface area (TPSA) is 61.4 Å². The summed E-state index contributed by atoms with van der Waals surface area (Å²) in [5, 5.41) is 6.61. The van der Waals surface area contributed by atoms with Crippen LogP contribution in [0, 0.1) is 11.8 Å². The van der Waals surface area contributed by atoms with E-state index in [1.54, 1.807) is 18.2 Å². The van der Waals surface area contributed by atoms with Crippen molar-refractivity contribution in [2.75, 3.05) is 31.5 Å². The highest BCUT2D eigenvalue weighted by atomic mass is 35.5. The predicted octanol–water partition coefficient (Wildman–Crippen LogP) is 3.18. The largest absolute Gasteiger partial charge is 0.339 e. The number of benzene rings is 1. The summed E-state index contributed by atoms with van der Waals surface area (Å²) in [6.07, 6.45) is 3.24. The van der Waals surface area contributed by atoms with E-state index in [9.17, 15) is 9.59 Å². The molecule has 3 rings (SSSR count). The highest BCUT2D eigenvalue weighted by Crippen LogP contribution is 2.26. The van der Waals surface area contributed by atoms with E-state index in [1.165, 1.54) is 6.42 Å². The molecule has 0 radical (unpaired) electrons. The Morgan fingerprint density at radius 2 is 1.92 bits per heavy atom. The molecule has 1 atom stereocenters. The summed E-state index contributed by atoms with van der Waals surface area (Å²) in [5.74, 6) is 0.171. The molecular weight excluding hydrogens is 361 g/mol. The summed E-state index contributed by atoms with van der Waals surface area (Å²) in [6, 6.07) is 5.08. The average Bonchev–Trinajstić information content (AvgIpc) is 2.53. The van der Waals surface area contributed by atoms with Crippen LogP contribution in [0.2, 0.25) is 5.02 Å². The predicted molar refractivity (Wildman–Crippen MR) is 103 cm³/mol. The zero-order valence-electron chi connectivity index (χ0n) is 14.4. The number of anilines is 1. The highest BCUT2D eigenvalue weighted by molar-refractivity contribution is 6.31. The van der Waals surface area contributed by atoms with E-state index in [1.807, 2.05) is 11.8 Å². The van der Waals surface area contributed by atoms with E-state index in [-0.39, 0.29) is 30.1 Å². The summed E-state index contributed by atoms with van der Waals surface area (Å²) in [7, 11) is 0. The number of carbonyl (C=O) groups is 2. The summed E-state index contributed by atoms with van der Waals surface area (Å²) < 4.78 is 0. The second kappa shape index (κ2) is 8.88. The van der Waals surface area contributed by atoms with Crippen molar-refractivity contribution in [3.63, 3.8) is 0 Å². The molecule has 2 aliphatic heterocycles. The van der Waals surface area contributed by atoms with Gasteiger partial charge in [0.2, 0.25) is 5.91 Å². The quantitative estimate of drug-likeness (QED) is 0.836. The summed E-state index contributed by atoms with van der Waals surface area (Å²) in [6.45, 7) is 5.21. The Labute approximate surface area is 159 Å². The van der Waals surface area contributed by atoms with Crippen molar-refractivity contribution < 1.29 is 9.59 Å². The van der Waals surface area contributed by atoms with Gasteiger partial charge in [-0.3, -0.25) is 9.59 Å². The fraction of sp³-hybridized carbons (Fsp3) is 0.556. The number of hydrogen-bond acceptors (Lipinski definition) is 3. The maximum absolute atomic E-state index is 12.8. The molecule has 138 valence electrons. The third-order valence-corrected chi connectivity index (χ3v) is 5.28. The molecule has 2 aliphatic rings. The van der Waals surface area contributed by atoms with Gasteiger partial charge < -0.3 is 15.5 Å². The molecule has 1 aromatic carbocycles. The van der Waals surface area contributed by atoms with Gasteiger partial charge in [0.1, 0.15) is 0 Å². The Bertz CT molecular complexity index is 629. The maximum Gasteiger partial charge on any atom is 0.255 e. The fourth-order valence-corrected chi connectivity index (χ4v) is 3.37. The lowest BCUT2D eigenvalue weighted by Crippen LogP contribution is -2.48. The zero-order valence-corrected chi connectivity index (χ0v) is 16.0. The van der Waals surface area contributed by atoms with Crippen molar-refractivity contribution in [3.8, 4) is 0 Å². The molecule has 0 saturated carbocycles. The first-order chi connectivity index (χ1) is 11.6. The average molecular weight is 386 g/mol. The molecule has 2 saturated heterocycles. The molecule has 25 heavy (non-hydrogen) atoms. The van der Waals surface area contributed by atoms with Crippen molar-refractivity contribution in [2.45, 2.75) is 26.2 Å². The van der Waals surface area contributed by atoms with E-state index >= 15 is 0 Å². The minimum Gasteiger partial charge on any atom is -0.339 e. The van der Waals surface area contributed by atoms with Crippen molar-refractivity contribution in [1.82, 2.24) is 10.2 Å². The van der Waals surface area contributed by atoms with Crippen LogP contribution in [0.3, 0.4) is 0 Å². The van der Waals surface area contributed by atoms with Gasteiger partial charge >= 0.3 is 0 Å². The first-order valence-corrected chi connectivity index (χ1v) is 9.04. The smallest absolute Gasteiger partial charge is 0.255 e. The molecule has 7 heteroatoms. The maximum atomic E-state index is 12.8. The van der Waals surface area contributed by atoms with E-state index < -0.39 is 0 Å². The number of amides is 2. The van der Waals surface area contributed by atoms with Gasteiger partial charge in [0, 0.05) is 24.0 Å². The van der Waals surface area contributed by atoms with Gasteiger partial charge in [-0.15, -0.1) is 12.4 Å². The van der Waals surface area contributed by atoms with Crippen LogP contribution < -0.4 is 10.6 Å². The summed E-state index contributed by atoms with van der Waals surface area (Å²) in [4.78, 5) is 27.2. The van der Waals surface area contributed by atoms with E-state index in [0.29, 0.717) is 22.2 Å². The van der Waals surface area contributed by atoms with Crippen molar-refractivity contribution in [3.05, 3.63) is 28.8 Å². The normalized spacial score (nSPS) is 18.7. The van der Waals surface area contributed by atoms with Crippen molar-refractivity contribution in [1.29, 1.82) is 0 Å². The van der Waals surface area contributed by atoms with Crippen LogP contribution in [0.5, 0.6) is 0 Å². The number of halogens is 2. The minimum absolute atomic E-state index is 0. The number of nitrogens with zero attached hydrogens (tertiary/aromatic N) is 1. The number of rotatable bonds is 4. The number of carbonyl (C=O) groups excluding carboxylic acids is 2. The lowest BCUT2D eigenvalue weighted by Gasteiger charge is -2.32. The third-order valence-electron chi connectivity index (χ3n) is 5.05. The van der Waals surface area contributed by atoms with Gasteiger partial charge in [-0.2, -0.15) is 0 Å². The van der Waals surface area contributed by atoms with E-state index in [4.69, 9.17) is 11.6 Å². The Hall–Kier alpha value is -1.30. The molecule has 2 heterocycles. The number of nitrogens with one attached hydrogen (secondary N) is 2. The molecule has 1 aromatic rings. The Balaban J connectivity index is 0.00000225. The Kier molecular flexibility index (Phi) is 7.11. The lowest BCUT2D eigenvalue weighted by molar-refractivity contribution is -0.121. The Morgan fingerprint density at radius 1 is 1.24 bits per heavy atom. The Morgan fingerprint density at radius 3 is 2.52 bits per heavy atom. The van der Waals surface area contributed by atoms with E-state index in [0.717, 1.165) is 39.0 Å². The molecule has 5 nitrogen and oxygen atoms in total. The molecule has 2 N–H and O–H groups in total. The van der Waals surface area contributed by atoms with Gasteiger partial charge in [0.25, 0.3) is 5.91 Å². The first kappa shape index (κ1) is 20.0. The molecule has 0 aliphatic carbocycles. The van der Waals surface area contributed by atoms with Crippen LogP contribution in [-0.4, -0.2) is 42.9 Å². The van der Waals surface area contributed by atoms with Gasteiger partial charge in [0.05, 0.1) is 11.3 Å². The highest BCUT2D eigenvalue weighted by Gasteiger charge is 2.30. The zero-order chi connectivity index (χ0) is 17.1. The van der Waals surface area contributed by atoms with Crippen LogP contribution in [0.4, 0.5) is 5.69 Å². The fourth-order valence-electron chi connectivity index (χ4n) is 3.20. The molecule has 1 unspecified atom stereocenters. The lowest BCUT2D eigenvalue weighted by atomic mass is 9.88. The van der Waals surface area contributed by atoms with Crippen molar-refractivity contribution >= 4 is 41.5 Å². The molecule has 0 bridgehead atoms. The molecular formula is C18H25Cl2N3O2. The van der Waals surface area contributed by atoms with Crippen LogP contribution in [0.1, 0.15) is 36.5 Å². The number of likely N-dealkylation sites (tertiary alicyclic amines) is 1. The van der Waals surface area contributed by atoms with Crippen LogP contribution >= 0.6 is 24.0 Å². The molecule has 0 aromatic heterocycles. The van der Waals surface area contributed by atoms with Gasteiger partial charge in [-0.05, 0) is 56.5 Å². The second-order valence-electron chi connectivity index (χ2n) is 6.74. The van der Waals surface area contributed by atoms with Crippen molar-refractivity contribution in [2.24, 2.45) is 11.8 Å². The monoisotopic (exact) mass is 385 g/mol. The molecule has 2 fully saturated rings. The SMILES string of the molecule is CC(C(=O)Nc1cc(Cl)ccc1C(=O)N1CCCCC1)C1CNC1.Cl. The standard InChI is InChI=1S/C18H24ClN3O2.ClH/c1-12(13-10-20-11-13)17(23)21-16-9-14(19)5-6-15(16)18(24)22-7-3-2-4-8-22;/h5-6,9,12-13,20H,2-4,7-8,10-11H2,1H3,(H,21,23);1H. The van der Waals surface area contributed by atoms with Gasteiger partial charge in [-0.25, -0.2) is 0 Å². The number of piperidine rings is 1. The summed E-state index contributed by atoms with van der Waals surface area (Å²) in [5.41, 5.74) is 1.04. The first-order valence-electron chi connectivity index (χ1n) is 8.66. The van der Waals surface area contributed by atoms with Crippen LogP contribution in [0.15, 0.2) is 18.2 Å². The van der Waals surface area contributed by atoms with Gasteiger partial charge in [-0.1, -0.05) is 18.5 Å². The third kappa shape index (κ3) is 4.66. The number of hydrogen-bond donors (Lipinski definition) is 2. The van der Waals surface area contributed by atoms with Gasteiger partial charge in [0.15, 0.2) is 0 Å². The summed E-state index contributed by atoms with van der Waals surface area (Å²) >= 11 is 6.09. The van der Waals surface area contributed by atoms with Crippen LogP contribution in [-0.2, 0) is 4.79 Å². The minimum atomic E-state index is -0.0943.